The van der Waals surface area contributed by atoms with Crippen LogP contribution in [-0.2, 0) is 4.79 Å². The molecule has 0 radical (unpaired) electrons. The van der Waals surface area contributed by atoms with Crippen LogP contribution in [0.2, 0.25) is 0 Å². The first kappa shape index (κ1) is 18.5. The summed E-state index contributed by atoms with van der Waals surface area (Å²) in [6, 6.07) is 13.0. The number of carbonyl (C=O) groups is 1. The van der Waals surface area contributed by atoms with Crippen LogP contribution in [-0.4, -0.2) is 48.4 Å². The summed E-state index contributed by atoms with van der Waals surface area (Å²) < 4.78 is 27.1. The van der Waals surface area contributed by atoms with Gasteiger partial charge in [0.15, 0.2) is 0 Å². The number of piperazine rings is 1. The highest BCUT2D eigenvalue weighted by Crippen LogP contribution is 2.24. The fraction of sp³-hybridized carbons (Fsp3) is 0.350. The molecule has 1 amide bonds. The Balaban J connectivity index is 1.50. The van der Waals surface area contributed by atoms with E-state index < -0.39 is 11.6 Å². The Labute approximate surface area is 152 Å². The van der Waals surface area contributed by atoms with Gasteiger partial charge in [-0.05, 0) is 25.1 Å². The number of carbonyl (C=O) groups excluding carboxylic acids is 1. The minimum atomic E-state index is -0.562. The van der Waals surface area contributed by atoms with Gasteiger partial charge in [0, 0.05) is 49.5 Å². The van der Waals surface area contributed by atoms with Gasteiger partial charge in [-0.3, -0.25) is 14.6 Å². The highest BCUT2D eigenvalue weighted by atomic mass is 19.1. The molecule has 1 fully saturated rings. The predicted molar refractivity (Wildman–Crippen MR) is 97.9 cm³/mol. The van der Waals surface area contributed by atoms with E-state index in [4.69, 9.17) is 0 Å². The first-order chi connectivity index (χ1) is 12.5. The molecular formula is C20H23F2N3O. The molecule has 1 heterocycles. The molecule has 1 aliphatic rings. The minimum Gasteiger partial charge on any atom is -0.325 e. The first-order valence-electron chi connectivity index (χ1n) is 8.79. The second-order valence-electron chi connectivity index (χ2n) is 6.57. The smallest absolute Gasteiger partial charge is 0.238 e. The Hall–Kier alpha value is -2.31. The van der Waals surface area contributed by atoms with E-state index in [1.807, 2.05) is 37.3 Å². The van der Waals surface area contributed by atoms with E-state index >= 15 is 0 Å². The zero-order valence-corrected chi connectivity index (χ0v) is 14.8. The van der Waals surface area contributed by atoms with Crippen molar-refractivity contribution in [2.24, 2.45) is 0 Å². The van der Waals surface area contributed by atoms with Crippen LogP contribution in [0.25, 0.3) is 0 Å². The second kappa shape index (κ2) is 8.38. The van der Waals surface area contributed by atoms with Crippen LogP contribution in [0.3, 0.4) is 0 Å². The molecular weight excluding hydrogens is 336 g/mol. The molecule has 0 saturated carbocycles. The molecule has 1 N–H and O–H groups in total. The van der Waals surface area contributed by atoms with Gasteiger partial charge in [-0.1, -0.05) is 24.3 Å². The van der Waals surface area contributed by atoms with Gasteiger partial charge >= 0.3 is 0 Å². The van der Waals surface area contributed by atoms with Gasteiger partial charge in [0.25, 0.3) is 0 Å². The van der Waals surface area contributed by atoms with E-state index in [-0.39, 0.29) is 11.9 Å². The summed E-state index contributed by atoms with van der Waals surface area (Å²) >= 11 is 0. The predicted octanol–water partition coefficient (Wildman–Crippen LogP) is 3.28. The maximum Gasteiger partial charge on any atom is 0.238 e. The van der Waals surface area contributed by atoms with Crippen LogP contribution in [0.15, 0.2) is 48.5 Å². The van der Waals surface area contributed by atoms with Gasteiger partial charge in [-0.15, -0.1) is 0 Å². The van der Waals surface area contributed by atoms with Gasteiger partial charge < -0.3 is 5.32 Å². The Morgan fingerprint density at radius 3 is 2.42 bits per heavy atom. The Morgan fingerprint density at radius 2 is 1.77 bits per heavy atom. The van der Waals surface area contributed by atoms with E-state index in [0.717, 1.165) is 37.9 Å². The molecule has 3 rings (SSSR count). The summed E-state index contributed by atoms with van der Waals surface area (Å²) in [5.74, 6) is -1.11. The van der Waals surface area contributed by atoms with Crippen molar-refractivity contribution in [3.63, 3.8) is 0 Å². The SMILES string of the molecule is CC(c1ccc(F)cc1F)N1CCN(CC(=O)Nc2ccccc2)CC1. The molecule has 0 bridgehead atoms. The lowest BCUT2D eigenvalue weighted by Gasteiger charge is -2.38. The molecule has 138 valence electrons. The van der Waals surface area contributed by atoms with E-state index in [0.29, 0.717) is 12.1 Å². The molecule has 4 nitrogen and oxygen atoms in total. The molecule has 0 aliphatic carbocycles. The maximum absolute atomic E-state index is 14.0. The molecule has 1 unspecified atom stereocenters. The Bertz CT molecular complexity index is 746. The molecule has 2 aromatic rings. The van der Waals surface area contributed by atoms with Crippen molar-refractivity contribution in [1.82, 2.24) is 9.80 Å². The third kappa shape index (κ3) is 4.65. The largest absolute Gasteiger partial charge is 0.325 e. The van der Waals surface area contributed by atoms with Crippen molar-refractivity contribution in [2.75, 3.05) is 38.0 Å². The van der Waals surface area contributed by atoms with Gasteiger partial charge in [0.1, 0.15) is 11.6 Å². The number of anilines is 1. The van der Waals surface area contributed by atoms with E-state index in [1.165, 1.54) is 12.1 Å². The summed E-state index contributed by atoms with van der Waals surface area (Å²) in [5, 5.41) is 2.88. The zero-order chi connectivity index (χ0) is 18.5. The number of nitrogens with one attached hydrogen (secondary N) is 1. The summed E-state index contributed by atoms with van der Waals surface area (Å²) in [4.78, 5) is 16.4. The fourth-order valence-electron chi connectivity index (χ4n) is 3.27. The monoisotopic (exact) mass is 359 g/mol. The lowest BCUT2D eigenvalue weighted by atomic mass is 10.1. The Kier molecular flexibility index (Phi) is 5.96. The van der Waals surface area contributed by atoms with Crippen LogP contribution in [0.1, 0.15) is 18.5 Å². The summed E-state index contributed by atoms with van der Waals surface area (Å²) in [7, 11) is 0. The standard InChI is InChI=1S/C20H23F2N3O/c1-15(18-8-7-16(21)13-19(18)22)25-11-9-24(10-12-25)14-20(26)23-17-5-3-2-4-6-17/h2-8,13,15H,9-12,14H2,1H3,(H,23,26). The molecule has 26 heavy (non-hydrogen) atoms. The van der Waals surface area contributed by atoms with Crippen LogP contribution in [0.4, 0.5) is 14.5 Å². The second-order valence-corrected chi connectivity index (χ2v) is 6.57. The molecule has 0 spiro atoms. The number of nitrogens with zero attached hydrogens (tertiary/aromatic N) is 2. The quantitative estimate of drug-likeness (QED) is 0.890. The highest BCUT2D eigenvalue weighted by Gasteiger charge is 2.24. The Morgan fingerprint density at radius 1 is 1.08 bits per heavy atom. The van der Waals surface area contributed by atoms with Gasteiger partial charge in [-0.2, -0.15) is 0 Å². The van der Waals surface area contributed by atoms with Crippen LogP contribution in [0.5, 0.6) is 0 Å². The normalized spacial score (nSPS) is 17.0. The number of para-hydroxylation sites is 1. The van der Waals surface area contributed by atoms with Gasteiger partial charge in [0.2, 0.25) is 5.91 Å². The summed E-state index contributed by atoms with van der Waals surface area (Å²) in [5.41, 5.74) is 1.29. The third-order valence-corrected chi connectivity index (χ3v) is 4.79. The maximum atomic E-state index is 14.0. The molecule has 6 heteroatoms. The van der Waals surface area contributed by atoms with Crippen molar-refractivity contribution < 1.29 is 13.6 Å². The lowest BCUT2D eigenvalue weighted by molar-refractivity contribution is -0.117. The van der Waals surface area contributed by atoms with Crippen LogP contribution >= 0.6 is 0 Å². The number of benzene rings is 2. The average Bonchev–Trinajstić information content (AvgIpc) is 2.62. The molecule has 1 saturated heterocycles. The van der Waals surface area contributed by atoms with Crippen molar-refractivity contribution in [1.29, 1.82) is 0 Å². The lowest BCUT2D eigenvalue weighted by Crippen LogP contribution is -2.49. The van der Waals surface area contributed by atoms with E-state index in [2.05, 4.69) is 15.1 Å². The first-order valence-corrected chi connectivity index (χ1v) is 8.79. The minimum absolute atomic E-state index is 0.0396. The topological polar surface area (TPSA) is 35.6 Å². The number of rotatable bonds is 5. The van der Waals surface area contributed by atoms with E-state index in [1.54, 1.807) is 0 Å². The highest BCUT2D eigenvalue weighted by molar-refractivity contribution is 5.92. The van der Waals surface area contributed by atoms with Crippen molar-refractivity contribution in [3.05, 3.63) is 65.7 Å². The van der Waals surface area contributed by atoms with Gasteiger partial charge in [0.05, 0.1) is 6.54 Å². The van der Waals surface area contributed by atoms with Crippen LogP contribution < -0.4 is 5.32 Å². The van der Waals surface area contributed by atoms with Crippen molar-refractivity contribution >= 4 is 11.6 Å². The number of hydrogen-bond acceptors (Lipinski definition) is 3. The van der Waals surface area contributed by atoms with E-state index in [9.17, 15) is 13.6 Å². The molecule has 2 aromatic carbocycles. The number of halogens is 2. The van der Waals surface area contributed by atoms with Crippen molar-refractivity contribution in [2.45, 2.75) is 13.0 Å². The number of amides is 1. The zero-order valence-electron chi connectivity index (χ0n) is 14.8. The number of hydrogen-bond donors (Lipinski definition) is 1. The summed E-state index contributed by atoms with van der Waals surface area (Å²) in [6.07, 6.45) is 0. The van der Waals surface area contributed by atoms with Gasteiger partial charge in [-0.25, -0.2) is 8.78 Å². The molecule has 0 aromatic heterocycles. The van der Waals surface area contributed by atoms with Crippen LogP contribution in [0, 0.1) is 11.6 Å². The third-order valence-electron chi connectivity index (χ3n) is 4.79. The molecule has 1 atom stereocenters. The van der Waals surface area contributed by atoms with Crippen molar-refractivity contribution in [3.8, 4) is 0 Å². The fourth-order valence-corrected chi connectivity index (χ4v) is 3.27. The summed E-state index contributed by atoms with van der Waals surface area (Å²) in [6.45, 7) is 5.19. The molecule has 1 aliphatic heterocycles. The average molecular weight is 359 g/mol.